The highest BCUT2D eigenvalue weighted by Gasteiger charge is 2.09. The van der Waals surface area contributed by atoms with Crippen molar-refractivity contribution >= 4 is 17.6 Å². The van der Waals surface area contributed by atoms with E-state index in [1.807, 2.05) is 13.0 Å². The van der Waals surface area contributed by atoms with E-state index in [9.17, 15) is 14.0 Å². The SMILES string of the molecule is CCCOc1ccccc1NC(=O)CNC(=O)NCc1ccc(F)cc1. The minimum Gasteiger partial charge on any atom is -0.491 e. The molecule has 0 spiro atoms. The maximum absolute atomic E-state index is 12.8. The Balaban J connectivity index is 1.76. The second-order valence-corrected chi connectivity index (χ2v) is 5.56. The third-order valence-corrected chi connectivity index (χ3v) is 3.40. The molecule has 0 unspecified atom stereocenters. The summed E-state index contributed by atoms with van der Waals surface area (Å²) in [6, 6.07) is 12.4. The average Bonchev–Trinajstić information content (AvgIpc) is 2.65. The molecule has 0 fully saturated rings. The van der Waals surface area contributed by atoms with Crippen molar-refractivity contribution in [2.75, 3.05) is 18.5 Å². The van der Waals surface area contributed by atoms with Crippen LogP contribution in [0.25, 0.3) is 0 Å². The van der Waals surface area contributed by atoms with Crippen LogP contribution in [0.4, 0.5) is 14.9 Å². The fourth-order valence-corrected chi connectivity index (χ4v) is 2.11. The Bertz CT molecular complexity index is 735. The molecule has 0 saturated heterocycles. The van der Waals surface area contributed by atoms with Gasteiger partial charge in [-0.2, -0.15) is 0 Å². The van der Waals surface area contributed by atoms with E-state index in [0.29, 0.717) is 18.0 Å². The number of urea groups is 1. The number of ether oxygens (including phenoxy) is 1. The fourth-order valence-electron chi connectivity index (χ4n) is 2.11. The summed E-state index contributed by atoms with van der Waals surface area (Å²) < 4.78 is 18.4. The molecule has 0 atom stereocenters. The predicted molar refractivity (Wildman–Crippen MR) is 97.5 cm³/mol. The van der Waals surface area contributed by atoms with Crippen LogP contribution in [0.15, 0.2) is 48.5 Å². The zero-order valence-electron chi connectivity index (χ0n) is 14.5. The van der Waals surface area contributed by atoms with Crippen LogP contribution in [-0.2, 0) is 11.3 Å². The van der Waals surface area contributed by atoms with Crippen molar-refractivity contribution in [3.8, 4) is 5.75 Å². The monoisotopic (exact) mass is 359 g/mol. The maximum atomic E-state index is 12.8. The van der Waals surface area contributed by atoms with Crippen molar-refractivity contribution in [3.63, 3.8) is 0 Å². The molecule has 0 aliphatic carbocycles. The van der Waals surface area contributed by atoms with Gasteiger partial charge in [0.1, 0.15) is 11.6 Å². The number of halogens is 1. The topological polar surface area (TPSA) is 79.5 Å². The first-order chi connectivity index (χ1) is 12.6. The third kappa shape index (κ3) is 6.43. The number of benzene rings is 2. The van der Waals surface area contributed by atoms with E-state index in [0.717, 1.165) is 12.0 Å². The molecule has 7 heteroatoms. The highest BCUT2D eigenvalue weighted by atomic mass is 19.1. The summed E-state index contributed by atoms with van der Waals surface area (Å²) >= 11 is 0. The van der Waals surface area contributed by atoms with Crippen LogP contribution in [0.1, 0.15) is 18.9 Å². The molecule has 138 valence electrons. The van der Waals surface area contributed by atoms with Gasteiger partial charge in [-0.15, -0.1) is 0 Å². The Hall–Kier alpha value is -3.09. The lowest BCUT2D eigenvalue weighted by Gasteiger charge is -2.12. The summed E-state index contributed by atoms with van der Waals surface area (Å²) in [6.07, 6.45) is 0.859. The first-order valence-electron chi connectivity index (χ1n) is 8.36. The van der Waals surface area contributed by atoms with Crippen molar-refractivity contribution < 1.29 is 18.7 Å². The van der Waals surface area contributed by atoms with Gasteiger partial charge in [0.05, 0.1) is 18.8 Å². The van der Waals surface area contributed by atoms with E-state index in [1.165, 1.54) is 12.1 Å². The van der Waals surface area contributed by atoms with Crippen molar-refractivity contribution in [1.82, 2.24) is 10.6 Å². The third-order valence-electron chi connectivity index (χ3n) is 3.40. The number of anilines is 1. The Kier molecular flexibility index (Phi) is 7.42. The Morgan fingerprint density at radius 2 is 1.77 bits per heavy atom. The first-order valence-corrected chi connectivity index (χ1v) is 8.36. The van der Waals surface area contributed by atoms with E-state index < -0.39 is 6.03 Å². The molecule has 0 heterocycles. The molecule has 0 bridgehead atoms. The number of amides is 3. The second-order valence-electron chi connectivity index (χ2n) is 5.56. The van der Waals surface area contributed by atoms with E-state index >= 15 is 0 Å². The van der Waals surface area contributed by atoms with Crippen molar-refractivity contribution in [3.05, 3.63) is 59.9 Å². The van der Waals surface area contributed by atoms with Crippen LogP contribution in [0, 0.1) is 5.82 Å². The Morgan fingerprint density at radius 1 is 1.04 bits per heavy atom. The van der Waals surface area contributed by atoms with Gasteiger partial charge in [-0.25, -0.2) is 9.18 Å². The van der Waals surface area contributed by atoms with Crippen molar-refractivity contribution in [1.29, 1.82) is 0 Å². The van der Waals surface area contributed by atoms with Crippen LogP contribution >= 0.6 is 0 Å². The summed E-state index contributed by atoms with van der Waals surface area (Å²) in [4.78, 5) is 23.8. The molecule has 3 amide bonds. The van der Waals surface area contributed by atoms with E-state index in [1.54, 1.807) is 30.3 Å². The molecular weight excluding hydrogens is 337 g/mol. The molecule has 0 aliphatic rings. The summed E-state index contributed by atoms with van der Waals surface area (Å²) in [5.41, 5.74) is 1.31. The van der Waals surface area contributed by atoms with Crippen LogP contribution in [0.2, 0.25) is 0 Å². The van der Waals surface area contributed by atoms with Gasteiger partial charge in [-0.1, -0.05) is 31.2 Å². The van der Waals surface area contributed by atoms with Crippen LogP contribution < -0.4 is 20.7 Å². The average molecular weight is 359 g/mol. The molecule has 26 heavy (non-hydrogen) atoms. The summed E-state index contributed by atoms with van der Waals surface area (Å²) in [5.74, 6) is -0.115. The molecule has 0 saturated carbocycles. The lowest BCUT2D eigenvalue weighted by molar-refractivity contribution is -0.115. The van der Waals surface area contributed by atoms with Crippen molar-refractivity contribution in [2.45, 2.75) is 19.9 Å². The lowest BCUT2D eigenvalue weighted by atomic mass is 10.2. The van der Waals surface area contributed by atoms with Crippen LogP contribution in [-0.4, -0.2) is 25.1 Å². The van der Waals surface area contributed by atoms with Gasteiger partial charge in [0.2, 0.25) is 5.91 Å². The van der Waals surface area contributed by atoms with Gasteiger partial charge in [0.25, 0.3) is 0 Å². The first kappa shape index (κ1) is 19.2. The van der Waals surface area contributed by atoms with Gasteiger partial charge in [-0.05, 0) is 36.2 Å². The smallest absolute Gasteiger partial charge is 0.315 e. The fraction of sp³-hybridized carbons (Fsp3) is 0.263. The lowest BCUT2D eigenvalue weighted by Crippen LogP contribution is -2.39. The van der Waals surface area contributed by atoms with Crippen LogP contribution in [0.3, 0.4) is 0 Å². The van der Waals surface area contributed by atoms with Gasteiger partial charge in [0.15, 0.2) is 0 Å². The molecule has 6 nitrogen and oxygen atoms in total. The molecule has 3 N–H and O–H groups in total. The predicted octanol–water partition coefficient (Wildman–Crippen LogP) is 3.05. The molecular formula is C19H22FN3O3. The molecule has 2 rings (SSSR count). The molecule has 0 radical (unpaired) electrons. The van der Waals surface area contributed by atoms with Crippen LogP contribution in [0.5, 0.6) is 5.75 Å². The minimum atomic E-state index is -0.486. The second kappa shape index (κ2) is 10.0. The zero-order valence-corrected chi connectivity index (χ0v) is 14.5. The minimum absolute atomic E-state index is 0.183. The maximum Gasteiger partial charge on any atom is 0.315 e. The molecule has 2 aromatic carbocycles. The number of rotatable bonds is 8. The van der Waals surface area contributed by atoms with Gasteiger partial charge < -0.3 is 20.7 Å². The number of nitrogens with one attached hydrogen (secondary N) is 3. The number of carbonyl (C=O) groups is 2. The Morgan fingerprint density at radius 3 is 2.50 bits per heavy atom. The largest absolute Gasteiger partial charge is 0.491 e. The summed E-state index contributed by atoms with van der Waals surface area (Å²) in [7, 11) is 0. The standard InChI is InChI=1S/C19H22FN3O3/c1-2-11-26-17-6-4-3-5-16(17)23-18(24)13-22-19(25)21-12-14-7-9-15(20)10-8-14/h3-10H,2,11-13H2,1H3,(H,23,24)(H2,21,22,25). The summed E-state index contributed by atoms with van der Waals surface area (Å²) in [6.45, 7) is 2.60. The van der Waals surface area contributed by atoms with E-state index in [4.69, 9.17) is 4.74 Å². The number of hydrogen-bond donors (Lipinski definition) is 3. The molecule has 0 aliphatic heterocycles. The molecule has 2 aromatic rings. The van der Waals surface area contributed by atoms with Crippen molar-refractivity contribution in [2.24, 2.45) is 0 Å². The molecule has 0 aromatic heterocycles. The van der Waals surface area contributed by atoms with Gasteiger partial charge >= 0.3 is 6.03 Å². The highest BCUT2D eigenvalue weighted by Crippen LogP contribution is 2.23. The zero-order chi connectivity index (χ0) is 18.8. The van der Waals surface area contributed by atoms with E-state index in [2.05, 4.69) is 16.0 Å². The van der Waals surface area contributed by atoms with Gasteiger partial charge in [-0.3, -0.25) is 4.79 Å². The number of para-hydroxylation sites is 2. The number of hydrogen-bond acceptors (Lipinski definition) is 3. The summed E-state index contributed by atoms with van der Waals surface area (Å²) in [5, 5.41) is 7.78. The Labute approximate surface area is 151 Å². The number of carbonyl (C=O) groups excluding carboxylic acids is 2. The van der Waals surface area contributed by atoms with Gasteiger partial charge in [0, 0.05) is 6.54 Å². The normalized spacial score (nSPS) is 10.1. The van der Waals surface area contributed by atoms with E-state index in [-0.39, 0.29) is 24.8 Å². The quantitative estimate of drug-likeness (QED) is 0.678. The highest BCUT2D eigenvalue weighted by molar-refractivity contribution is 5.95.